The van der Waals surface area contributed by atoms with Crippen molar-refractivity contribution in [1.29, 1.82) is 0 Å². The minimum atomic E-state index is -1.03. The molecule has 0 saturated heterocycles. The number of urea groups is 1. The number of benzene rings is 1. The summed E-state index contributed by atoms with van der Waals surface area (Å²) < 4.78 is 0. The molecule has 1 atom stereocenters. The van der Waals surface area contributed by atoms with Gasteiger partial charge in [-0.25, -0.2) is 9.59 Å². The molecule has 0 bridgehead atoms. The van der Waals surface area contributed by atoms with Crippen LogP contribution in [-0.4, -0.2) is 23.1 Å². The number of hydrogen-bond donors (Lipinski definition) is 4. The van der Waals surface area contributed by atoms with Crippen LogP contribution in [0.5, 0.6) is 0 Å². The third-order valence-corrected chi connectivity index (χ3v) is 3.55. The lowest BCUT2D eigenvalue weighted by molar-refractivity contribution is -0.139. The summed E-state index contributed by atoms with van der Waals surface area (Å²) in [5.41, 5.74) is 6.94. The number of rotatable bonds is 5. The number of nitrogen functional groups attached to an aromatic ring is 1. The van der Waals surface area contributed by atoms with Gasteiger partial charge in [0.25, 0.3) is 0 Å². The normalized spacial score (nSPS) is 17.1. The van der Waals surface area contributed by atoms with E-state index in [0.717, 1.165) is 18.4 Å². The van der Waals surface area contributed by atoms with E-state index in [0.29, 0.717) is 12.1 Å². The Labute approximate surface area is 117 Å². The SMILES string of the molecule is CCC(NC(=O)NC1(c2cccc(N)c2)CC1)C(=O)O. The maximum Gasteiger partial charge on any atom is 0.326 e. The first-order valence-corrected chi connectivity index (χ1v) is 6.64. The second kappa shape index (κ2) is 5.40. The van der Waals surface area contributed by atoms with Crippen molar-refractivity contribution >= 4 is 17.7 Å². The van der Waals surface area contributed by atoms with E-state index in [1.165, 1.54) is 0 Å². The maximum absolute atomic E-state index is 11.9. The van der Waals surface area contributed by atoms with E-state index >= 15 is 0 Å². The van der Waals surface area contributed by atoms with Gasteiger partial charge in [-0.05, 0) is 37.0 Å². The highest BCUT2D eigenvalue weighted by Gasteiger charge is 2.46. The highest BCUT2D eigenvalue weighted by molar-refractivity contribution is 5.83. The molecule has 1 aromatic rings. The first-order chi connectivity index (χ1) is 9.47. The van der Waals surface area contributed by atoms with E-state index in [1.54, 1.807) is 13.0 Å². The average Bonchev–Trinajstić information content (AvgIpc) is 3.16. The topological polar surface area (TPSA) is 104 Å². The van der Waals surface area contributed by atoms with Crippen molar-refractivity contribution in [3.05, 3.63) is 29.8 Å². The Morgan fingerprint density at radius 1 is 1.45 bits per heavy atom. The first kappa shape index (κ1) is 14.2. The van der Waals surface area contributed by atoms with E-state index in [2.05, 4.69) is 10.6 Å². The molecule has 1 aliphatic rings. The van der Waals surface area contributed by atoms with Crippen LogP contribution in [0.1, 0.15) is 31.7 Å². The zero-order valence-electron chi connectivity index (χ0n) is 11.3. The minimum Gasteiger partial charge on any atom is -0.480 e. The van der Waals surface area contributed by atoms with Gasteiger partial charge in [0.15, 0.2) is 0 Å². The van der Waals surface area contributed by atoms with Gasteiger partial charge in [0.2, 0.25) is 0 Å². The lowest BCUT2D eigenvalue weighted by Gasteiger charge is -2.20. The molecule has 0 heterocycles. The molecule has 108 valence electrons. The molecule has 5 N–H and O–H groups in total. The van der Waals surface area contributed by atoms with E-state index in [9.17, 15) is 9.59 Å². The molecule has 0 radical (unpaired) electrons. The molecule has 0 spiro atoms. The molecule has 0 aromatic heterocycles. The molecule has 1 saturated carbocycles. The zero-order chi connectivity index (χ0) is 14.8. The third-order valence-electron chi connectivity index (χ3n) is 3.55. The van der Waals surface area contributed by atoms with Crippen molar-refractivity contribution in [2.75, 3.05) is 5.73 Å². The Morgan fingerprint density at radius 2 is 2.15 bits per heavy atom. The van der Waals surface area contributed by atoms with Crippen LogP contribution in [0.15, 0.2) is 24.3 Å². The van der Waals surface area contributed by atoms with Gasteiger partial charge >= 0.3 is 12.0 Å². The summed E-state index contributed by atoms with van der Waals surface area (Å²) in [6, 6.07) is 6.05. The molecule has 2 amide bonds. The van der Waals surface area contributed by atoms with Crippen LogP contribution in [0.4, 0.5) is 10.5 Å². The van der Waals surface area contributed by atoms with Crippen molar-refractivity contribution in [2.24, 2.45) is 0 Å². The molecule has 1 unspecified atom stereocenters. The first-order valence-electron chi connectivity index (χ1n) is 6.64. The van der Waals surface area contributed by atoms with Gasteiger partial charge in [0.05, 0.1) is 5.54 Å². The predicted molar refractivity (Wildman–Crippen MR) is 75.1 cm³/mol. The van der Waals surface area contributed by atoms with E-state index in [-0.39, 0.29) is 0 Å². The van der Waals surface area contributed by atoms with Crippen LogP contribution in [0.25, 0.3) is 0 Å². The van der Waals surface area contributed by atoms with Crippen molar-refractivity contribution in [1.82, 2.24) is 10.6 Å². The van der Waals surface area contributed by atoms with Gasteiger partial charge in [0.1, 0.15) is 6.04 Å². The Balaban J connectivity index is 2.02. The van der Waals surface area contributed by atoms with Gasteiger partial charge in [-0.1, -0.05) is 19.1 Å². The highest BCUT2D eigenvalue weighted by atomic mass is 16.4. The number of hydrogen-bond acceptors (Lipinski definition) is 3. The fourth-order valence-corrected chi connectivity index (χ4v) is 2.20. The number of aliphatic carboxylic acids is 1. The van der Waals surface area contributed by atoms with Gasteiger partial charge in [-0.2, -0.15) is 0 Å². The Kier molecular flexibility index (Phi) is 3.83. The minimum absolute atomic E-state index is 0.341. The smallest absolute Gasteiger partial charge is 0.326 e. The monoisotopic (exact) mass is 277 g/mol. The van der Waals surface area contributed by atoms with Crippen molar-refractivity contribution in [2.45, 2.75) is 37.8 Å². The van der Waals surface area contributed by atoms with Gasteiger partial charge in [-0.3, -0.25) is 0 Å². The molecule has 1 aliphatic carbocycles. The standard InChI is InChI=1S/C14H19N3O3/c1-2-11(12(18)19)16-13(20)17-14(6-7-14)9-4-3-5-10(15)8-9/h3-5,8,11H,2,6-7,15H2,1H3,(H,18,19)(H2,16,17,20). The van der Waals surface area contributed by atoms with Gasteiger partial charge < -0.3 is 21.5 Å². The number of carbonyl (C=O) groups excluding carboxylic acids is 1. The number of carboxylic acid groups (broad SMARTS) is 1. The maximum atomic E-state index is 11.9. The Hall–Kier alpha value is -2.24. The average molecular weight is 277 g/mol. The van der Waals surface area contributed by atoms with Crippen LogP contribution >= 0.6 is 0 Å². The number of carbonyl (C=O) groups is 2. The van der Waals surface area contributed by atoms with Crippen LogP contribution < -0.4 is 16.4 Å². The second-order valence-electron chi connectivity index (χ2n) is 5.11. The van der Waals surface area contributed by atoms with Gasteiger partial charge in [0, 0.05) is 5.69 Å². The molecule has 1 aromatic carbocycles. The Morgan fingerprint density at radius 3 is 2.65 bits per heavy atom. The van der Waals surface area contributed by atoms with Crippen LogP contribution in [0, 0.1) is 0 Å². The Bertz CT molecular complexity index is 526. The lowest BCUT2D eigenvalue weighted by Crippen LogP contribution is -2.48. The quantitative estimate of drug-likeness (QED) is 0.611. The summed E-state index contributed by atoms with van der Waals surface area (Å²) in [5.74, 6) is -1.03. The zero-order valence-corrected chi connectivity index (χ0v) is 11.3. The second-order valence-corrected chi connectivity index (χ2v) is 5.11. The molecular formula is C14H19N3O3. The van der Waals surface area contributed by atoms with E-state index < -0.39 is 23.6 Å². The summed E-state index contributed by atoms with van der Waals surface area (Å²) in [6.07, 6.45) is 2.00. The third kappa shape index (κ3) is 3.01. The molecule has 2 rings (SSSR count). The van der Waals surface area contributed by atoms with Crippen molar-refractivity contribution in [3.63, 3.8) is 0 Å². The number of anilines is 1. The van der Waals surface area contributed by atoms with Crippen LogP contribution in [-0.2, 0) is 10.3 Å². The summed E-state index contributed by atoms with van der Waals surface area (Å²) >= 11 is 0. The van der Waals surface area contributed by atoms with E-state index in [4.69, 9.17) is 10.8 Å². The molecule has 0 aliphatic heterocycles. The highest BCUT2D eigenvalue weighted by Crippen LogP contribution is 2.45. The fourth-order valence-electron chi connectivity index (χ4n) is 2.20. The van der Waals surface area contributed by atoms with Crippen molar-refractivity contribution in [3.8, 4) is 0 Å². The molecule has 6 heteroatoms. The molecule has 1 fully saturated rings. The number of nitrogens with one attached hydrogen (secondary N) is 2. The molecule has 20 heavy (non-hydrogen) atoms. The largest absolute Gasteiger partial charge is 0.480 e. The fraction of sp³-hybridized carbons (Fsp3) is 0.429. The summed E-state index contributed by atoms with van der Waals surface area (Å²) in [6.45, 7) is 1.71. The van der Waals surface area contributed by atoms with Crippen LogP contribution in [0.2, 0.25) is 0 Å². The number of amides is 2. The van der Waals surface area contributed by atoms with E-state index in [1.807, 2.05) is 18.2 Å². The molecule has 6 nitrogen and oxygen atoms in total. The lowest BCUT2D eigenvalue weighted by atomic mass is 10.0. The number of carboxylic acids is 1. The number of nitrogens with two attached hydrogens (primary N) is 1. The predicted octanol–water partition coefficient (Wildman–Crippen LogP) is 1.42. The summed E-state index contributed by atoms with van der Waals surface area (Å²) in [7, 11) is 0. The molecular weight excluding hydrogens is 258 g/mol. The van der Waals surface area contributed by atoms with Gasteiger partial charge in [-0.15, -0.1) is 0 Å². The summed E-state index contributed by atoms with van der Waals surface area (Å²) in [5, 5.41) is 14.3. The van der Waals surface area contributed by atoms with Crippen LogP contribution in [0.3, 0.4) is 0 Å². The summed E-state index contributed by atoms with van der Waals surface area (Å²) in [4.78, 5) is 22.8. The van der Waals surface area contributed by atoms with Crippen molar-refractivity contribution < 1.29 is 14.7 Å².